The number of piperidine rings is 1. The Morgan fingerprint density at radius 2 is 1.48 bits per heavy atom. The van der Waals surface area contributed by atoms with Crippen LogP contribution in [0.3, 0.4) is 0 Å². The molecule has 1 aliphatic rings. The second-order valence-corrected chi connectivity index (χ2v) is 9.06. The molecule has 0 saturated carbocycles. The number of benzene rings is 2. The lowest BCUT2D eigenvalue weighted by atomic mass is 9.92. The first kappa shape index (κ1) is 23.0. The molecule has 31 heavy (non-hydrogen) atoms. The van der Waals surface area contributed by atoms with Gasteiger partial charge in [0.2, 0.25) is 5.91 Å². The van der Waals surface area contributed by atoms with Crippen LogP contribution in [0.4, 0.5) is 5.69 Å². The van der Waals surface area contributed by atoms with Crippen LogP contribution >= 0.6 is 0 Å². The summed E-state index contributed by atoms with van der Waals surface area (Å²) in [5.74, 6) is 0.695. The number of likely N-dealkylation sites (tertiary alicyclic amines) is 1. The van der Waals surface area contributed by atoms with Crippen LogP contribution in [0.1, 0.15) is 73.9 Å². The fourth-order valence-electron chi connectivity index (χ4n) is 4.17. The highest BCUT2D eigenvalue weighted by molar-refractivity contribution is 5.95. The monoisotopic (exact) mass is 421 g/mol. The van der Waals surface area contributed by atoms with Gasteiger partial charge in [0, 0.05) is 30.4 Å². The van der Waals surface area contributed by atoms with Crippen LogP contribution in [0.2, 0.25) is 0 Å². The number of rotatable bonds is 7. The summed E-state index contributed by atoms with van der Waals surface area (Å²) in [6.45, 7) is 10.6. The van der Waals surface area contributed by atoms with Gasteiger partial charge in [0.25, 0.3) is 5.91 Å². The van der Waals surface area contributed by atoms with E-state index in [9.17, 15) is 9.59 Å². The normalized spacial score (nSPS) is 15.3. The zero-order chi connectivity index (χ0) is 22.4. The Kier molecular flexibility index (Phi) is 7.85. The third-order valence-corrected chi connectivity index (χ3v) is 5.96. The number of hydrogen-bond acceptors (Lipinski definition) is 3. The molecule has 2 amide bonds. The summed E-state index contributed by atoms with van der Waals surface area (Å²) < 4.78 is 0. The van der Waals surface area contributed by atoms with Crippen molar-refractivity contribution in [3.05, 3.63) is 65.2 Å². The Balaban J connectivity index is 1.53. The zero-order valence-corrected chi connectivity index (χ0v) is 19.2. The summed E-state index contributed by atoms with van der Waals surface area (Å²) in [4.78, 5) is 27.4. The van der Waals surface area contributed by atoms with Gasteiger partial charge in [-0.15, -0.1) is 0 Å². The standard InChI is InChI=1S/C26H35N3O2/c1-18(2)22-11-8-12-23(19(3)4)25(22)28-24(30)17-29-15-13-21(14-16-29)27-26(31)20-9-6-5-7-10-20/h5-12,18-19,21H,13-17H2,1-4H3,(H,27,31)(H,28,30). The number of anilines is 1. The molecule has 166 valence electrons. The first-order chi connectivity index (χ1) is 14.8. The van der Waals surface area contributed by atoms with Crippen LogP contribution in [-0.4, -0.2) is 42.4 Å². The number of hydrogen-bond donors (Lipinski definition) is 2. The van der Waals surface area contributed by atoms with E-state index in [0.717, 1.165) is 31.6 Å². The van der Waals surface area contributed by atoms with E-state index in [1.807, 2.05) is 30.3 Å². The Morgan fingerprint density at radius 1 is 0.903 bits per heavy atom. The second kappa shape index (κ2) is 10.6. The third-order valence-electron chi connectivity index (χ3n) is 5.96. The van der Waals surface area contributed by atoms with Crippen molar-refractivity contribution < 1.29 is 9.59 Å². The number of carbonyl (C=O) groups is 2. The maximum absolute atomic E-state index is 12.9. The zero-order valence-electron chi connectivity index (χ0n) is 19.2. The summed E-state index contributed by atoms with van der Waals surface area (Å²) >= 11 is 0. The molecule has 1 saturated heterocycles. The van der Waals surface area contributed by atoms with Crippen molar-refractivity contribution in [1.29, 1.82) is 0 Å². The molecule has 0 spiro atoms. The van der Waals surface area contributed by atoms with E-state index in [4.69, 9.17) is 0 Å². The van der Waals surface area contributed by atoms with Crippen LogP contribution in [0.5, 0.6) is 0 Å². The van der Waals surface area contributed by atoms with E-state index in [1.165, 1.54) is 11.1 Å². The number of amides is 2. The van der Waals surface area contributed by atoms with Gasteiger partial charge in [-0.1, -0.05) is 64.1 Å². The summed E-state index contributed by atoms with van der Waals surface area (Å²) in [5.41, 5.74) is 4.03. The van der Waals surface area contributed by atoms with E-state index in [2.05, 4.69) is 61.4 Å². The number of nitrogens with one attached hydrogen (secondary N) is 2. The van der Waals surface area contributed by atoms with E-state index < -0.39 is 0 Å². The first-order valence-corrected chi connectivity index (χ1v) is 11.4. The van der Waals surface area contributed by atoms with Crippen molar-refractivity contribution in [3.63, 3.8) is 0 Å². The SMILES string of the molecule is CC(C)c1cccc(C(C)C)c1NC(=O)CN1CCC(NC(=O)c2ccccc2)CC1. The quantitative estimate of drug-likeness (QED) is 0.677. The molecular weight excluding hydrogens is 386 g/mol. The van der Waals surface area contributed by atoms with Gasteiger partial charge in [-0.25, -0.2) is 0 Å². The predicted octanol–water partition coefficient (Wildman–Crippen LogP) is 4.77. The highest BCUT2D eigenvalue weighted by Gasteiger charge is 2.23. The van der Waals surface area contributed by atoms with Gasteiger partial charge in [-0.2, -0.15) is 0 Å². The Labute approximate surface area is 186 Å². The fraction of sp³-hybridized carbons (Fsp3) is 0.462. The maximum Gasteiger partial charge on any atom is 0.251 e. The molecule has 0 aliphatic carbocycles. The molecule has 3 rings (SSSR count). The highest BCUT2D eigenvalue weighted by atomic mass is 16.2. The highest BCUT2D eigenvalue weighted by Crippen LogP contribution is 2.32. The van der Waals surface area contributed by atoms with E-state index in [-0.39, 0.29) is 17.9 Å². The van der Waals surface area contributed by atoms with Crippen molar-refractivity contribution in [3.8, 4) is 0 Å². The smallest absolute Gasteiger partial charge is 0.251 e. The van der Waals surface area contributed by atoms with Crippen molar-refractivity contribution in [2.75, 3.05) is 25.0 Å². The lowest BCUT2D eigenvalue weighted by molar-refractivity contribution is -0.117. The largest absolute Gasteiger partial charge is 0.349 e. The molecule has 0 unspecified atom stereocenters. The molecule has 1 heterocycles. The molecule has 5 heteroatoms. The molecular formula is C26H35N3O2. The first-order valence-electron chi connectivity index (χ1n) is 11.4. The van der Waals surface area contributed by atoms with Crippen LogP contribution < -0.4 is 10.6 Å². The predicted molar refractivity (Wildman–Crippen MR) is 127 cm³/mol. The van der Waals surface area contributed by atoms with Crippen molar-refractivity contribution >= 4 is 17.5 Å². The lowest BCUT2D eigenvalue weighted by Crippen LogP contribution is -2.46. The van der Waals surface area contributed by atoms with Crippen LogP contribution in [0.15, 0.2) is 48.5 Å². The Hall–Kier alpha value is -2.66. The van der Waals surface area contributed by atoms with Gasteiger partial charge in [0.1, 0.15) is 0 Å². The van der Waals surface area contributed by atoms with Gasteiger partial charge in [-0.05, 0) is 47.9 Å². The maximum atomic E-state index is 12.9. The summed E-state index contributed by atoms with van der Waals surface area (Å²) in [6, 6.07) is 15.8. The molecule has 1 aliphatic heterocycles. The van der Waals surface area contributed by atoms with Crippen molar-refractivity contribution in [2.45, 2.75) is 58.4 Å². The van der Waals surface area contributed by atoms with Gasteiger partial charge in [0.15, 0.2) is 0 Å². The molecule has 0 radical (unpaired) electrons. The van der Waals surface area contributed by atoms with Gasteiger partial charge >= 0.3 is 0 Å². The van der Waals surface area contributed by atoms with Gasteiger partial charge in [0.05, 0.1) is 6.54 Å². The van der Waals surface area contributed by atoms with E-state index >= 15 is 0 Å². The summed E-state index contributed by atoms with van der Waals surface area (Å²) in [7, 11) is 0. The molecule has 0 bridgehead atoms. The van der Waals surface area contributed by atoms with Crippen molar-refractivity contribution in [1.82, 2.24) is 10.2 Å². The van der Waals surface area contributed by atoms with E-state index in [1.54, 1.807) is 0 Å². The molecule has 2 aromatic rings. The minimum atomic E-state index is -0.0247. The topological polar surface area (TPSA) is 61.4 Å². The molecule has 2 N–H and O–H groups in total. The Morgan fingerprint density at radius 3 is 2.03 bits per heavy atom. The van der Waals surface area contributed by atoms with Crippen LogP contribution in [0, 0.1) is 0 Å². The number of nitrogens with zero attached hydrogens (tertiary/aromatic N) is 1. The lowest BCUT2D eigenvalue weighted by Gasteiger charge is -2.32. The minimum absolute atomic E-state index is 0.0247. The van der Waals surface area contributed by atoms with Gasteiger partial charge < -0.3 is 10.6 Å². The molecule has 0 atom stereocenters. The molecule has 2 aromatic carbocycles. The number of para-hydroxylation sites is 1. The molecule has 5 nitrogen and oxygen atoms in total. The van der Waals surface area contributed by atoms with Crippen LogP contribution in [0.25, 0.3) is 0 Å². The Bertz CT molecular complexity index is 859. The second-order valence-electron chi connectivity index (χ2n) is 9.06. The van der Waals surface area contributed by atoms with Gasteiger partial charge in [-0.3, -0.25) is 14.5 Å². The average molecular weight is 422 g/mol. The van der Waals surface area contributed by atoms with Crippen molar-refractivity contribution in [2.24, 2.45) is 0 Å². The van der Waals surface area contributed by atoms with E-state index in [0.29, 0.717) is 23.9 Å². The summed E-state index contributed by atoms with van der Waals surface area (Å²) in [6.07, 6.45) is 1.71. The molecule has 0 aromatic heterocycles. The number of carbonyl (C=O) groups excluding carboxylic acids is 2. The average Bonchev–Trinajstić information content (AvgIpc) is 2.75. The van der Waals surface area contributed by atoms with Crippen LogP contribution in [-0.2, 0) is 4.79 Å². The third kappa shape index (κ3) is 6.17. The fourth-order valence-corrected chi connectivity index (χ4v) is 4.17. The minimum Gasteiger partial charge on any atom is -0.349 e. The summed E-state index contributed by atoms with van der Waals surface area (Å²) in [5, 5.41) is 6.33. The molecule has 1 fully saturated rings.